The minimum atomic E-state index is -0.431. The fraction of sp³-hybridized carbons (Fsp3) is 0.222. The Kier molecular flexibility index (Phi) is 5.78. The van der Waals surface area contributed by atoms with Crippen LogP contribution < -0.4 is 15.0 Å². The van der Waals surface area contributed by atoms with Gasteiger partial charge in [0, 0.05) is 25.4 Å². The molecule has 0 unspecified atom stereocenters. The zero-order chi connectivity index (χ0) is 17.5. The minimum Gasteiger partial charge on any atom is -0.493 e. The van der Waals surface area contributed by atoms with Crippen molar-refractivity contribution < 1.29 is 19.0 Å². The summed E-state index contributed by atoms with van der Waals surface area (Å²) in [6.07, 6.45) is 4.65. The monoisotopic (exact) mass is 329 g/mol. The summed E-state index contributed by atoms with van der Waals surface area (Å²) in [7, 11) is 4.55. The van der Waals surface area contributed by atoms with Crippen LogP contribution in [0.1, 0.15) is 11.1 Å². The molecule has 6 nitrogen and oxygen atoms in total. The van der Waals surface area contributed by atoms with Crippen molar-refractivity contribution in [1.29, 1.82) is 0 Å². The Labute approximate surface area is 139 Å². The molecule has 0 saturated heterocycles. The van der Waals surface area contributed by atoms with Crippen molar-refractivity contribution in [2.24, 2.45) is 7.05 Å². The van der Waals surface area contributed by atoms with Gasteiger partial charge in [0.15, 0.2) is 11.5 Å². The third-order valence-corrected chi connectivity index (χ3v) is 3.36. The number of rotatable bonds is 6. The molecule has 0 aliphatic heterocycles. The van der Waals surface area contributed by atoms with E-state index >= 15 is 0 Å². The first-order valence-electron chi connectivity index (χ1n) is 7.26. The Hall–Kier alpha value is -3.02. The maximum absolute atomic E-state index is 11.6. The highest BCUT2D eigenvalue weighted by atomic mass is 16.5. The quantitative estimate of drug-likeness (QED) is 0.600. The Morgan fingerprint density at radius 2 is 1.96 bits per heavy atom. The number of ether oxygens (including phenoxy) is 3. The molecular formula is C18H19NO5. The molecular weight excluding hydrogens is 310 g/mol. The Morgan fingerprint density at radius 1 is 1.17 bits per heavy atom. The summed E-state index contributed by atoms with van der Waals surface area (Å²) in [5.74, 6) is 0.652. The molecule has 126 valence electrons. The number of nitrogens with zero attached hydrogens (tertiary/aromatic N) is 1. The van der Waals surface area contributed by atoms with Crippen molar-refractivity contribution in [3.63, 3.8) is 0 Å². The molecule has 0 aliphatic carbocycles. The summed E-state index contributed by atoms with van der Waals surface area (Å²) >= 11 is 0. The van der Waals surface area contributed by atoms with Gasteiger partial charge in [0.2, 0.25) is 0 Å². The van der Waals surface area contributed by atoms with Crippen LogP contribution in [0.4, 0.5) is 0 Å². The number of pyridine rings is 1. The second kappa shape index (κ2) is 8.01. The molecule has 2 aromatic rings. The van der Waals surface area contributed by atoms with E-state index in [4.69, 9.17) is 9.47 Å². The normalized spacial score (nSPS) is 10.6. The number of hydrogen-bond donors (Lipinski definition) is 0. The molecule has 0 radical (unpaired) electrons. The van der Waals surface area contributed by atoms with Gasteiger partial charge in [-0.25, -0.2) is 4.79 Å². The van der Waals surface area contributed by atoms with Gasteiger partial charge in [-0.1, -0.05) is 6.07 Å². The second-order valence-electron chi connectivity index (χ2n) is 5.04. The molecule has 0 bridgehead atoms. The molecule has 0 saturated carbocycles. The highest BCUT2D eigenvalue weighted by Gasteiger charge is 2.06. The second-order valence-corrected chi connectivity index (χ2v) is 5.04. The third-order valence-electron chi connectivity index (χ3n) is 3.36. The van der Waals surface area contributed by atoms with E-state index in [1.54, 1.807) is 37.5 Å². The fourth-order valence-corrected chi connectivity index (χ4v) is 1.98. The molecule has 0 spiro atoms. The zero-order valence-electron chi connectivity index (χ0n) is 13.8. The van der Waals surface area contributed by atoms with Crippen LogP contribution in [0.2, 0.25) is 0 Å². The number of carbonyl (C=O) groups excluding carboxylic acids is 1. The van der Waals surface area contributed by atoms with E-state index in [0.29, 0.717) is 11.5 Å². The molecule has 0 atom stereocenters. The summed E-state index contributed by atoms with van der Waals surface area (Å²) in [5.41, 5.74) is 1.46. The zero-order valence-corrected chi connectivity index (χ0v) is 13.8. The topological polar surface area (TPSA) is 66.8 Å². The lowest BCUT2D eigenvalue weighted by Crippen LogP contribution is -2.15. The average molecular weight is 329 g/mol. The van der Waals surface area contributed by atoms with E-state index in [9.17, 15) is 9.59 Å². The smallest absolute Gasteiger partial charge is 0.330 e. The van der Waals surface area contributed by atoms with Crippen LogP contribution in [0.5, 0.6) is 11.5 Å². The first-order chi connectivity index (χ1) is 11.5. The molecule has 1 aromatic carbocycles. The van der Waals surface area contributed by atoms with Crippen molar-refractivity contribution in [3.05, 3.63) is 64.1 Å². The molecule has 0 aliphatic rings. The SMILES string of the molecule is COC(=O)C=Cc1ccc(OCc2ccn(C)c(=O)c2)c(OC)c1. The summed E-state index contributed by atoms with van der Waals surface area (Å²) in [4.78, 5) is 22.7. The van der Waals surface area contributed by atoms with Crippen molar-refractivity contribution in [3.8, 4) is 11.5 Å². The number of aromatic nitrogens is 1. The lowest BCUT2D eigenvalue weighted by Gasteiger charge is -2.11. The number of esters is 1. The summed E-state index contributed by atoms with van der Waals surface area (Å²) in [6.45, 7) is 0.254. The maximum atomic E-state index is 11.6. The van der Waals surface area contributed by atoms with E-state index in [2.05, 4.69) is 4.74 Å². The molecule has 1 heterocycles. The van der Waals surface area contributed by atoms with Crippen LogP contribution in [0.15, 0.2) is 47.4 Å². The minimum absolute atomic E-state index is 0.0913. The van der Waals surface area contributed by atoms with Gasteiger partial charge < -0.3 is 18.8 Å². The molecule has 0 fully saturated rings. The molecule has 1 aromatic heterocycles. The van der Waals surface area contributed by atoms with Crippen LogP contribution >= 0.6 is 0 Å². The highest BCUT2D eigenvalue weighted by Crippen LogP contribution is 2.29. The van der Waals surface area contributed by atoms with E-state index in [1.807, 2.05) is 6.07 Å². The van der Waals surface area contributed by atoms with Gasteiger partial charge in [0.1, 0.15) is 6.61 Å². The van der Waals surface area contributed by atoms with Crippen molar-refractivity contribution >= 4 is 12.0 Å². The predicted molar refractivity (Wildman–Crippen MR) is 90.1 cm³/mol. The van der Waals surface area contributed by atoms with Gasteiger partial charge in [0.25, 0.3) is 5.56 Å². The maximum Gasteiger partial charge on any atom is 0.330 e. The lowest BCUT2D eigenvalue weighted by atomic mass is 10.2. The third kappa shape index (κ3) is 4.49. The van der Waals surface area contributed by atoms with Gasteiger partial charge in [0.05, 0.1) is 14.2 Å². The molecule has 2 rings (SSSR count). The average Bonchev–Trinajstić information content (AvgIpc) is 2.60. The van der Waals surface area contributed by atoms with Crippen LogP contribution in [-0.2, 0) is 23.2 Å². The number of benzene rings is 1. The van der Waals surface area contributed by atoms with Gasteiger partial charge in [-0.15, -0.1) is 0 Å². The lowest BCUT2D eigenvalue weighted by molar-refractivity contribution is -0.134. The highest BCUT2D eigenvalue weighted by molar-refractivity contribution is 5.87. The van der Waals surface area contributed by atoms with Crippen LogP contribution in [0.3, 0.4) is 0 Å². The van der Waals surface area contributed by atoms with Crippen LogP contribution in [0.25, 0.3) is 6.08 Å². The Morgan fingerprint density at radius 3 is 2.62 bits per heavy atom. The largest absolute Gasteiger partial charge is 0.493 e. The van der Waals surface area contributed by atoms with Crippen molar-refractivity contribution in [1.82, 2.24) is 4.57 Å². The summed E-state index contributed by atoms with van der Waals surface area (Å²) in [6, 6.07) is 8.64. The van der Waals surface area contributed by atoms with Gasteiger partial charge >= 0.3 is 5.97 Å². The van der Waals surface area contributed by atoms with Gasteiger partial charge in [-0.2, -0.15) is 0 Å². The summed E-state index contributed by atoms with van der Waals surface area (Å²) < 4.78 is 17.1. The molecule has 24 heavy (non-hydrogen) atoms. The first kappa shape index (κ1) is 17.3. The van der Waals surface area contributed by atoms with Crippen LogP contribution in [-0.4, -0.2) is 24.8 Å². The Balaban J connectivity index is 2.12. The number of methoxy groups -OCH3 is 2. The number of aryl methyl sites for hydroxylation is 1. The van der Waals surface area contributed by atoms with E-state index < -0.39 is 5.97 Å². The van der Waals surface area contributed by atoms with Crippen LogP contribution in [0, 0.1) is 0 Å². The summed E-state index contributed by atoms with van der Waals surface area (Å²) in [5, 5.41) is 0. The number of hydrogen-bond acceptors (Lipinski definition) is 5. The predicted octanol–water partition coefficient (Wildman–Crippen LogP) is 2.16. The molecule has 0 N–H and O–H groups in total. The Bertz CT molecular complexity index is 807. The van der Waals surface area contributed by atoms with E-state index in [1.165, 1.54) is 30.9 Å². The standard InChI is InChI=1S/C18H19NO5/c1-19-9-8-14(11-17(19)20)12-24-15-6-4-13(10-16(15)22-2)5-7-18(21)23-3/h4-11H,12H2,1-3H3. The van der Waals surface area contributed by atoms with E-state index in [0.717, 1.165) is 11.1 Å². The van der Waals surface area contributed by atoms with Gasteiger partial charge in [-0.05, 0) is 35.4 Å². The number of carbonyl (C=O) groups is 1. The van der Waals surface area contributed by atoms with Gasteiger partial charge in [-0.3, -0.25) is 4.79 Å². The first-order valence-corrected chi connectivity index (χ1v) is 7.26. The van der Waals surface area contributed by atoms with Crippen molar-refractivity contribution in [2.75, 3.05) is 14.2 Å². The fourth-order valence-electron chi connectivity index (χ4n) is 1.98. The molecule has 6 heteroatoms. The van der Waals surface area contributed by atoms with Crippen molar-refractivity contribution in [2.45, 2.75) is 6.61 Å². The van der Waals surface area contributed by atoms with E-state index in [-0.39, 0.29) is 12.2 Å². The molecule has 0 amide bonds.